The molecule has 28 heavy (non-hydrogen) atoms. The highest BCUT2D eigenvalue weighted by Gasteiger charge is 2.30. The van der Waals surface area contributed by atoms with Crippen LogP contribution in [0.15, 0.2) is 24.3 Å². The third kappa shape index (κ3) is 6.21. The quantitative estimate of drug-likeness (QED) is 0.690. The largest absolute Gasteiger partial charge is 0.355 e. The van der Waals surface area contributed by atoms with Gasteiger partial charge >= 0.3 is 0 Å². The molecule has 0 aromatic heterocycles. The highest BCUT2D eigenvalue weighted by atomic mass is 35.5. The number of halogens is 1. The summed E-state index contributed by atoms with van der Waals surface area (Å²) in [5, 5.41) is 5.65. The molecule has 0 aliphatic carbocycles. The van der Waals surface area contributed by atoms with E-state index >= 15 is 0 Å². The van der Waals surface area contributed by atoms with Crippen LogP contribution in [0.3, 0.4) is 0 Å². The second-order valence-electron chi connectivity index (χ2n) is 7.92. The maximum Gasteiger partial charge on any atom is 0.255 e. The summed E-state index contributed by atoms with van der Waals surface area (Å²) in [6.45, 7) is 7.26. The molecule has 1 aliphatic heterocycles. The number of piperidine rings is 1. The van der Waals surface area contributed by atoms with Crippen LogP contribution >= 0.6 is 12.4 Å². The maximum absolute atomic E-state index is 13.1. The molecule has 0 spiro atoms. The Hall–Kier alpha value is -2.12. The number of rotatable bonds is 5. The van der Waals surface area contributed by atoms with Crippen molar-refractivity contribution in [1.29, 1.82) is 0 Å². The van der Waals surface area contributed by atoms with E-state index in [4.69, 9.17) is 5.73 Å². The van der Waals surface area contributed by atoms with Crippen molar-refractivity contribution in [2.24, 2.45) is 17.1 Å². The number of benzene rings is 1. The first-order valence-electron chi connectivity index (χ1n) is 9.41. The first kappa shape index (κ1) is 23.9. The predicted molar refractivity (Wildman–Crippen MR) is 112 cm³/mol. The van der Waals surface area contributed by atoms with Gasteiger partial charge in [-0.1, -0.05) is 32.9 Å². The van der Waals surface area contributed by atoms with Gasteiger partial charge in [0.2, 0.25) is 11.8 Å². The molecule has 0 radical (unpaired) electrons. The molecule has 1 saturated heterocycles. The Balaban J connectivity index is 0.00000392. The monoisotopic (exact) mass is 410 g/mol. The van der Waals surface area contributed by atoms with Crippen molar-refractivity contribution < 1.29 is 14.4 Å². The zero-order valence-corrected chi connectivity index (χ0v) is 17.6. The fourth-order valence-corrected chi connectivity index (χ4v) is 2.97. The average Bonchev–Trinajstić information content (AvgIpc) is 2.65. The molecule has 156 valence electrons. The average molecular weight is 411 g/mol. The van der Waals surface area contributed by atoms with Crippen LogP contribution < -0.4 is 16.4 Å². The molecule has 3 amide bonds. The standard InChI is InChI=1S/C20H30N4O3.ClH/c1-20(2,3)19(27)23-16-9-5-4-8-15(16)18(26)24-12-6-7-14(13-24)17(25)22-11-10-21;/h4-5,8-9,14H,6-7,10-13,21H2,1-3H3,(H,22,25)(H,23,27);1H. The second kappa shape index (κ2) is 10.4. The van der Waals surface area contributed by atoms with Crippen LogP contribution in [0, 0.1) is 11.3 Å². The number of carbonyl (C=O) groups excluding carboxylic acids is 3. The molecule has 1 fully saturated rings. The summed E-state index contributed by atoms with van der Waals surface area (Å²) < 4.78 is 0. The minimum Gasteiger partial charge on any atom is -0.355 e. The number of carbonyl (C=O) groups is 3. The smallest absolute Gasteiger partial charge is 0.255 e. The van der Waals surface area contributed by atoms with Crippen LogP contribution in [-0.4, -0.2) is 48.8 Å². The Morgan fingerprint density at radius 1 is 1.21 bits per heavy atom. The van der Waals surface area contributed by atoms with Gasteiger partial charge in [0.1, 0.15) is 0 Å². The molecule has 7 nitrogen and oxygen atoms in total. The maximum atomic E-state index is 13.1. The molecule has 2 rings (SSSR count). The van der Waals surface area contributed by atoms with E-state index in [1.165, 1.54) is 0 Å². The fraction of sp³-hybridized carbons (Fsp3) is 0.550. The Bertz CT molecular complexity index is 703. The van der Waals surface area contributed by atoms with E-state index in [0.29, 0.717) is 37.4 Å². The molecule has 1 aromatic carbocycles. The zero-order chi connectivity index (χ0) is 20.0. The first-order valence-corrected chi connectivity index (χ1v) is 9.41. The zero-order valence-electron chi connectivity index (χ0n) is 16.8. The summed E-state index contributed by atoms with van der Waals surface area (Å²) >= 11 is 0. The van der Waals surface area contributed by atoms with Crippen molar-refractivity contribution in [1.82, 2.24) is 10.2 Å². The molecule has 1 heterocycles. The molecule has 0 bridgehead atoms. The van der Waals surface area contributed by atoms with Gasteiger partial charge in [0.15, 0.2) is 0 Å². The van der Waals surface area contributed by atoms with E-state index < -0.39 is 5.41 Å². The molecule has 1 atom stereocenters. The molecular formula is C20H31ClN4O3. The Morgan fingerprint density at radius 2 is 1.89 bits per heavy atom. The summed E-state index contributed by atoms with van der Waals surface area (Å²) in [7, 11) is 0. The van der Waals surface area contributed by atoms with Crippen molar-refractivity contribution in [2.75, 3.05) is 31.5 Å². The van der Waals surface area contributed by atoms with Crippen molar-refractivity contribution in [3.05, 3.63) is 29.8 Å². The van der Waals surface area contributed by atoms with Gasteiger partial charge in [-0.25, -0.2) is 0 Å². The van der Waals surface area contributed by atoms with Gasteiger partial charge in [-0.05, 0) is 25.0 Å². The van der Waals surface area contributed by atoms with Gasteiger partial charge in [-0.3, -0.25) is 14.4 Å². The van der Waals surface area contributed by atoms with E-state index in [-0.39, 0.29) is 36.0 Å². The van der Waals surface area contributed by atoms with Gasteiger partial charge in [-0.15, -0.1) is 12.4 Å². The summed E-state index contributed by atoms with van der Waals surface area (Å²) in [4.78, 5) is 39.3. The topological polar surface area (TPSA) is 105 Å². The third-order valence-electron chi connectivity index (χ3n) is 4.61. The molecular weight excluding hydrogens is 380 g/mol. The number of nitrogens with zero attached hydrogens (tertiary/aromatic N) is 1. The van der Waals surface area contributed by atoms with Crippen molar-refractivity contribution >= 4 is 35.8 Å². The van der Waals surface area contributed by atoms with E-state index in [1.807, 2.05) is 20.8 Å². The molecule has 0 saturated carbocycles. The molecule has 1 aliphatic rings. The summed E-state index contributed by atoms with van der Waals surface area (Å²) in [6, 6.07) is 6.99. The van der Waals surface area contributed by atoms with Gasteiger partial charge < -0.3 is 21.3 Å². The van der Waals surface area contributed by atoms with Gasteiger partial charge in [0.05, 0.1) is 17.2 Å². The lowest BCUT2D eigenvalue weighted by molar-refractivity contribution is -0.126. The number of anilines is 1. The molecule has 8 heteroatoms. The lowest BCUT2D eigenvalue weighted by atomic mass is 9.95. The number of hydrogen-bond donors (Lipinski definition) is 3. The Labute approximate surface area is 172 Å². The summed E-state index contributed by atoms with van der Waals surface area (Å²) in [5.74, 6) is -0.616. The first-order chi connectivity index (χ1) is 12.7. The van der Waals surface area contributed by atoms with E-state index in [9.17, 15) is 14.4 Å². The van der Waals surface area contributed by atoms with Crippen LogP contribution in [-0.2, 0) is 9.59 Å². The number of nitrogens with two attached hydrogens (primary N) is 1. The van der Waals surface area contributed by atoms with Crippen molar-refractivity contribution in [3.63, 3.8) is 0 Å². The molecule has 4 N–H and O–H groups in total. The molecule has 1 aromatic rings. The highest BCUT2D eigenvalue weighted by molar-refractivity contribution is 6.04. The lowest BCUT2D eigenvalue weighted by Crippen LogP contribution is -2.46. The molecule has 1 unspecified atom stereocenters. The predicted octanol–water partition coefficient (Wildman–Crippen LogP) is 2.02. The van der Waals surface area contributed by atoms with Crippen molar-refractivity contribution in [2.45, 2.75) is 33.6 Å². The number of para-hydroxylation sites is 1. The number of hydrogen-bond acceptors (Lipinski definition) is 4. The second-order valence-corrected chi connectivity index (χ2v) is 7.92. The van der Waals surface area contributed by atoms with E-state index in [1.54, 1.807) is 29.2 Å². The highest BCUT2D eigenvalue weighted by Crippen LogP contribution is 2.24. The van der Waals surface area contributed by atoms with Crippen molar-refractivity contribution in [3.8, 4) is 0 Å². The number of likely N-dealkylation sites (tertiary alicyclic amines) is 1. The lowest BCUT2D eigenvalue weighted by Gasteiger charge is -2.32. The van der Waals surface area contributed by atoms with Gasteiger partial charge in [0.25, 0.3) is 5.91 Å². The minimum atomic E-state index is -0.562. The van der Waals surface area contributed by atoms with Crippen LogP contribution in [0.5, 0.6) is 0 Å². The van der Waals surface area contributed by atoms with Crippen LogP contribution in [0.4, 0.5) is 5.69 Å². The van der Waals surface area contributed by atoms with Crippen LogP contribution in [0.1, 0.15) is 44.0 Å². The van der Waals surface area contributed by atoms with Gasteiger partial charge in [0, 0.05) is 31.6 Å². The number of amides is 3. The van der Waals surface area contributed by atoms with Crippen LogP contribution in [0.25, 0.3) is 0 Å². The summed E-state index contributed by atoms with van der Waals surface area (Å²) in [6.07, 6.45) is 1.52. The van der Waals surface area contributed by atoms with Crippen LogP contribution in [0.2, 0.25) is 0 Å². The minimum absolute atomic E-state index is 0. The van der Waals surface area contributed by atoms with E-state index in [2.05, 4.69) is 10.6 Å². The fourth-order valence-electron chi connectivity index (χ4n) is 2.97. The number of nitrogens with one attached hydrogen (secondary N) is 2. The Kier molecular flexibility index (Phi) is 8.91. The normalized spacial score (nSPS) is 16.7. The third-order valence-corrected chi connectivity index (χ3v) is 4.61. The SMILES string of the molecule is CC(C)(C)C(=O)Nc1ccccc1C(=O)N1CCCC(C(=O)NCCN)C1.Cl. The summed E-state index contributed by atoms with van der Waals surface area (Å²) in [5.41, 5.74) is 5.81. The van der Waals surface area contributed by atoms with E-state index in [0.717, 1.165) is 12.8 Å². The van der Waals surface area contributed by atoms with Gasteiger partial charge in [-0.2, -0.15) is 0 Å². The Morgan fingerprint density at radius 3 is 2.54 bits per heavy atom.